The number of hydrogen-bond donors (Lipinski definition) is 1. The number of hydrogen-bond acceptors (Lipinski definition) is 5. The third kappa shape index (κ3) is 4.06. The van der Waals surface area contributed by atoms with Gasteiger partial charge in [0.05, 0.1) is 26.6 Å². The monoisotopic (exact) mass is 486 g/mol. The fourth-order valence-corrected chi connectivity index (χ4v) is 3.93. The summed E-state index contributed by atoms with van der Waals surface area (Å²) in [5.74, 6) is -3.13. The van der Waals surface area contributed by atoms with Crippen molar-refractivity contribution in [1.82, 2.24) is 0 Å². The largest absolute Gasteiger partial charge is 0.507 e. The molecule has 33 heavy (non-hydrogen) atoms. The van der Waals surface area contributed by atoms with Crippen molar-refractivity contribution < 1.29 is 24.0 Å². The summed E-state index contributed by atoms with van der Waals surface area (Å²) in [7, 11) is 0. The van der Waals surface area contributed by atoms with E-state index in [2.05, 4.69) is 0 Å². The first kappa shape index (κ1) is 22.4. The second-order valence-corrected chi connectivity index (χ2v) is 7.94. The Morgan fingerprint density at radius 3 is 2.33 bits per heavy atom. The molecule has 3 aromatic carbocycles. The average Bonchev–Trinajstić information content (AvgIpc) is 3.06. The number of halogens is 3. The maximum absolute atomic E-state index is 13.5. The number of Topliss-reactive ketones (excluding diaryl/α,β-unsaturated/α-hetero) is 1. The average molecular weight is 487 g/mol. The Bertz CT molecular complexity index is 1340. The van der Waals surface area contributed by atoms with Crippen molar-refractivity contribution in [2.45, 2.75) is 6.04 Å². The van der Waals surface area contributed by atoms with Gasteiger partial charge in [-0.25, -0.2) is 4.39 Å². The number of carbonyl (C=O) groups excluding carboxylic acids is 2. The maximum Gasteiger partial charge on any atom is 0.300 e. The fraction of sp³-hybridized carbons (Fsp3) is 0.0435. The third-order valence-corrected chi connectivity index (χ3v) is 5.88. The van der Waals surface area contributed by atoms with Crippen molar-refractivity contribution in [2.75, 3.05) is 4.90 Å². The van der Waals surface area contributed by atoms with Crippen LogP contribution in [-0.2, 0) is 9.59 Å². The van der Waals surface area contributed by atoms with Crippen LogP contribution in [0.5, 0.6) is 0 Å². The zero-order valence-corrected chi connectivity index (χ0v) is 18.0. The summed E-state index contributed by atoms with van der Waals surface area (Å²) in [5, 5.41) is 22.6. The van der Waals surface area contributed by atoms with Gasteiger partial charge in [0.25, 0.3) is 17.4 Å². The molecule has 1 aliphatic rings. The molecule has 0 spiro atoms. The van der Waals surface area contributed by atoms with E-state index in [1.54, 1.807) is 0 Å². The first-order chi connectivity index (χ1) is 15.7. The van der Waals surface area contributed by atoms with Gasteiger partial charge in [0, 0.05) is 23.4 Å². The molecule has 4 rings (SSSR count). The van der Waals surface area contributed by atoms with E-state index in [1.165, 1.54) is 48.5 Å². The van der Waals surface area contributed by atoms with Crippen molar-refractivity contribution >= 4 is 52.0 Å². The standard InChI is InChI=1S/C23H13Cl2FN2O5/c24-17-9-4-12(11-18(17)25)20-19(21(29)13-2-1-3-16(10-13)28(32)33)22(30)23(31)27(20)15-7-5-14(26)6-8-15/h1-11,20,29H/b21-19-. The molecule has 1 unspecified atom stereocenters. The minimum absolute atomic E-state index is 0.0219. The molecule has 0 bridgehead atoms. The van der Waals surface area contributed by atoms with Gasteiger partial charge in [-0.3, -0.25) is 24.6 Å². The normalized spacial score (nSPS) is 17.4. The van der Waals surface area contributed by atoms with E-state index >= 15 is 0 Å². The molecule has 1 N–H and O–H groups in total. The number of carbonyl (C=O) groups is 2. The van der Waals surface area contributed by atoms with Crippen LogP contribution < -0.4 is 4.90 Å². The molecule has 166 valence electrons. The predicted octanol–water partition coefficient (Wildman–Crippen LogP) is 5.67. The molecule has 1 atom stereocenters. The van der Waals surface area contributed by atoms with Crippen molar-refractivity contribution in [3.05, 3.63) is 109 Å². The van der Waals surface area contributed by atoms with Gasteiger partial charge in [0.15, 0.2) is 0 Å². The lowest BCUT2D eigenvalue weighted by atomic mass is 9.95. The van der Waals surface area contributed by atoms with Crippen LogP contribution in [0.4, 0.5) is 15.8 Å². The highest BCUT2D eigenvalue weighted by Gasteiger charge is 2.47. The van der Waals surface area contributed by atoms with E-state index in [0.717, 1.165) is 23.1 Å². The number of aliphatic hydroxyl groups excluding tert-OH is 1. The fourth-order valence-electron chi connectivity index (χ4n) is 3.62. The van der Waals surface area contributed by atoms with Gasteiger partial charge in [-0.05, 0) is 42.0 Å². The smallest absolute Gasteiger partial charge is 0.300 e. The van der Waals surface area contributed by atoms with E-state index in [4.69, 9.17) is 23.2 Å². The summed E-state index contributed by atoms with van der Waals surface area (Å²) in [4.78, 5) is 37.7. The molecule has 0 aromatic heterocycles. The van der Waals surface area contributed by atoms with Crippen molar-refractivity contribution in [3.63, 3.8) is 0 Å². The molecule has 0 radical (unpaired) electrons. The highest BCUT2D eigenvalue weighted by Crippen LogP contribution is 2.43. The van der Waals surface area contributed by atoms with E-state index in [1.807, 2.05) is 0 Å². The molecule has 0 aliphatic carbocycles. The van der Waals surface area contributed by atoms with Crippen LogP contribution in [0.25, 0.3) is 5.76 Å². The summed E-state index contributed by atoms with van der Waals surface area (Å²) in [5.41, 5.74) is -0.0833. The first-order valence-corrected chi connectivity index (χ1v) is 10.2. The zero-order valence-electron chi connectivity index (χ0n) is 16.5. The summed E-state index contributed by atoms with van der Waals surface area (Å²) in [6.07, 6.45) is 0. The van der Waals surface area contributed by atoms with Crippen molar-refractivity contribution in [3.8, 4) is 0 Å². The third-order valence-electron chi connectivity index (χ3n) is 5.14. The van der Waals surface area contributed by atoms with Gasteiger partial charge in [-0.1, -0.05) is 41.4 Å². The molecular weight excluding hydrogens is 474 g/mol. The van der Waals surface area contributed by atoms with Gasteiger partial charge in [0.2, 0.25) is 0 Å². The number of nitrogens with zero attached hydrogens (tertiary/aromatic N) is 2. The Balaban J connectivity index is 1.96. The number of nitro benzene ring substituents is 1. The predicted molar refractivity (Wildman–Crippen MR) is 121 cm³/mol. The Morgan fingerprint density at radius 1 is 1.00 bits per heavy atom. The first-order valence-electron chi connectivity index (χ1n) is 9.45. The number of rotatable bonds is 4. The molecule has 1 heterocycles. The maximum atomic E-state index is 13.5. The van der Waals surface area contributed by atoms with Crippen LogP contribution in [0.15, 0.2) is 72.3 Å². The Morgan fingerprint density at radius 2 is 1.70 bits per heavy atom. The quantitative estimate of drug-likeness (QED) is 0.168. The molecule has 1 amide bonds. The summed E-state index contributed by atoms with van der Waals surface area (Å²) >= 11 is 12.2. The molecule has 10 heteroatoms. The Hall–Kier alpha value is -3.75. The Labute approximate surface area is 196 Å². The number of anilines is 1. The van der Waals surface area contributed by atoms with Crippen LogP contribution in [0.1, 0.15) is 17.2 Å². The number of non-ortho nitro benzene ring substituents is 1. The number of nitro groups is 1. The van der Waals surface area contributed by atoms with E-state index < -0.39 is 34.2 Å². The highest BCUT2D eigenvalue weighted by molar-refractivity contribution is 6.51. The SMILES string of the molecule is O=C1C(=O)N(c2ccc(F)cc2)C(c2ccc(Cl)c(Cl)c2)/C1=C(/O)c1cccc([N+](=O)[O-])c1. The molecule has 1 saturated heterocycles. The lowest BCUT2D eigenvalue weighted by molar-refractivity contribution is -0.384. The van der Waals surface area contributed by atoms with E-state index in [9.17, 15) is 29.2 Å². The lowest BCUT2D eigenvalue weighted by Crippen LogP contribution is -2.29. The Kier molecular flexibility index (Phi) is 5.88. The number of amides is 1. The minimum Gasteiger partial charge on any atom is -0.507 e. The van der Waals surface area contributed by atoms with Gasteiger partial charge in [0.1, 0.15) is 11.6 Å². The molecule has 3 aromatic rings. The molecule has 0 saturated carbocycles. The summed E-state index contributed by atoms with van der Waals surface area (Å²) in [6.45, 7) is 0. The van der Waals surface area contributed by atoms with Crippen LogP contribution in [0.2, 0.25) is 10.0 Å². The van der Waals surface area contributed by atoms with Crippen LogP contribution in [-0.4, -0.2) is 21.7 Å². The molecule has 1 aliphatic heterocycles. The van der Waals surface area contributed by atoms with Crippen LogP contribution in [0, 0.1) is 15.9 Å². The van der Waals surface area contributed by atoms with E-state index in [-0.39, 0.29) is 32.6 Å². The second-order valence-electron chi connectivity index (χ2n) is 7.13. The summed E-state index contributed by atoms with van der Waals surface area (Å²) < 4.78 is 13.5. The van der Waals surface area contributed by atoms with E-state index in [0.29, 0.717) is 5.56 Å². The van der Waals surface area contributed by atoms with Gasteiger partial charge in [-0.15, -0.1) is 0 Å². The number of benzene rings is 3. The lowest BCUT2D eigenvalue weighted by Gasteiger charge is -2.25. The summed E-state index contributed by atoms with van der Waals surface area (Å²) in [6, 6.07) is 13.2. The molecular formula is C23H13Cl2FN2O5. The number of aliphatic hydroxyl groups is 1. The minimum atomic E-state index is -1.15. The highest BCUT2D eigenvalue weighted by atomic mass is 35.5. The second kappa shape index (κ2) is 8.65. The van der Waals surface area contributed by atoms with Gasteiger partial charge in [-0.2, -0.15) is 0 Å². The molecule has 7 nitrogen and oxygen atoms in total. The van der Waals surface area contributed by atoms with Crippen molar-refractivity contribution in [2.24, 2.45) is 0 Å². The van der Waals surface area contributed by atoms with Crippen molar-refractivity contribution in [1.29, 1.82) is 0 Å². The van der Waals surface area contributed by atoms with Gasteiger partial charge >= 0.3 is 0 Å². The van der Waals surface area contributed by atoms with Crippen LogP contribution in [0.3, 0.4) is 0 Å². The van der Waals surface area contributed by atoms with Gasteiger partial charge < -0.3 is 5.11 Å². The zero-order chi connectivity index (χ0) is 23.9. The molecule has 1 fully saturated rings. The topological polar surface area (TPSA) is 101 Å². The van der Waals surface area contributed by atoms with Crippen LogP contribution >= 0.6 is 23.2 Å². The number of ketones is 1.